The number of carbonyl (C=O) groups excluding carboxylic acids is 2. The van der Waals surface area contributed by atoms with Crippen molar-refractivity contribution in [1.82, 2.24) is 10.6 Å². The molecule has 18 heavy (non-hydrogen) atoms. The zero-order valence-electron chi connectivity index (χ0n) is 10.2. The molecular weight excluding hydrogens is 232 g/mol. The number of hydrogen-bond donors (Lipinski definition) is 3. The maximum absolute atomic E-state index is 11.7. The summed E-state index contributed by atoms with van der Waals surface area (Å²) in [6, 6.07) is 5.64. The lowest BCUT2D eigenvalue weighted by molar-refractivity contribution is -0.114. The number of aromatic hydroxyl groups is 1. The van der Waals surface area contributed by atoms with Crippen molar-refractivity contribution in [2.45, 2.75) is 19.9 Å². The molecule has 0 fully saturated rings. The highest BCUT2D eigenvalue weighted by Gasteiger charge is 2.30. The van der Waals surface area contributed by atoms with Gasteiger partial charge >= 0.3 is 6.03 Å². The van der Waals surface area contributed by atoms with Gasteiger partial charge in [-0.2, -0.15) is 0 Å². The SMILES string of the molecule is CC(=O)C1=C(C)NC(=O)NC1c1ccccc1O. The lowest BCUT2D eigenvalue weighted by Crippen LogP contribution is -2.44. The van der Waals surface area contributed by atoms with Crippen molar-refractivity contribution >= 4 is 11.8 Å². The van der Waals surface area contributed by atoms with E-state index in [1.165, 1.54) is 13.0 Å². The monoisotopic (exact) mass is 246 g/mol. The molecule has 1 atom stereocenters. The van der Waals surface area contributed by atoms with Gasteiger partial charge in [0.15, 0.2) is 5.78 Å². The second-order valence-corrected chi connectivity index (χ2v) is 4.19. The minimum absolute atomic E-state index is 0.0521. The van der Waals surface area contributed by atoms with Gasteiger partial charge in [0, 0.05) is 16.8 Å². The third-order valence-electron chi connectivity index (χ3n) is 2.90. The summed E-state index contributed by atoms with van der Waals surface area (Å²) in [5, 5.41) is 15.0. The third kappa shape index (κ3) is 2.07. The molecule has 0 saturated heterocycles. The average molecular weight is 246 g/mol. The van der Waals surface area contributed by atoms with Crippen molar-refractivity contribution in [3.05, 3.63) is 41.1 Å². The second kappa shape index (κ2) is 4.52. The van der Waals surface area contributed by atoms with Gasteiger partial charge in [-0.3, -0.25) is 4.79 Å². The number of phenols is 1. The fourth-order valence-electron chi connectivity index (χ4n) is 2.13. The maximum atomic E-state index is 11.7. The van der Waals surface area contributed by atoms with Gasteiger partial charge in [-0.05, 0) is 19.9 Å². The summed E-state index contributed by atoms with van der Waals surface area (Å²) in [6.07, 6.45) is 0. The standard InChI is InChI=1S/C13H14N2O3/c1-7-11(8(2)16)12(15-13(18)14-7)9-5-3-4-6-10(9)17/h3-6,12,17H,1-2H3,(H2,14,15,18). The molecule has 1 aromatic carbocycles. The Hall–Kier alpha value is -2.30. The van der Waals surface area contributed by atoms with Crippen LogP contribution in [0.5, 0.6) is 5.75 Å². The van der Waals surface area contributed by atoms with E-state index in [1.54, 1.807) is 25.1 Å². The molecule has 1 aliphatic rings. The normalized spacial score (nSPS) is 19.2. The van der Waals surface area contributed by atoms with Gasteiger partial charge in [-0.1, -0.05) is 18.2 Å². The van der Waals surface area contributed by atoms with E-state index in [2.05, 4.69) is 10.6 Å². The number of carbonyl (C=O) groups is 2. The zero-order chi connectivity index (χ0) is 13.3. The van der Waals surface area contributed by atoms with Gasteiger partial charge in [0.1, 0.15) is 5.75 Å². The lowest BCUT2D eigenvalue weighted by atomic mass is 9.92. The predicted octanol–water partition coefficient (Wildman–Crippen LogP) is 1.61. The van der Waals surface area contributed by atoms with Crippen LogP contribution in [0.15, 0.2) is 35.5 Å². The number of phenolic OH excluding ortho intramolecular Hbond substituents is 1. The van der Waals surface area contributed by atoms with Crippen molar-refractivity contribution in [3.8, 4) is 5.75 Å². The minimum Gasteiger partial charge on any atom is -0.508 e. The summed E-state index contributed by atoms with van der Waals surface area (Å²) in [6.45, 7) is 3.10. The Balaban J connectivity index is 2.54. The highest BCUT2D eigenvalue weighted by atomic mass is 16.3. The van der Waals surface area contributed by atoms with Gasteiger partial charge in [-0.25, -0.2) is 4.79 Å². The van der Waals surface area contributed by atoms with Crippen LogP contribution in [0.2, 0.25) is 0 Å². The number of Topliss-reactive ketones (excluding diaryl/α,β-unsaturated/α-hetero) is 1. The number of rotatable bonds is 2. The Kier molecular flexibility index (Phi) is 3.06. The van der Waals surface area contributed by atoms with Crippen molar-refractivity contribution in [2.75, 3.05) is 0 Å². The van der Waals surface area contributed by atoms with E-state index in [0.717, 1.165) is 0 Å². The molecule has 2 amide bonds. The Morgan fingerprint density at radius 1 is 1.33 bits per heavy atom. The molecule has 0 spiro atoms. The zero-order valence-corrected chi connectivity index (χ0v) is 10.2. The van der Waals surface area contributed by atoms with Crippen LogP contribution in [0.4, 0.5) is 4.79 Å². The molecule has 0 aromatic heterocycles. The largest absolute Gasteiger partial charge is 0.508 e. The van der Waals surface area contributed by atoms with E-state index in [4.69, 9.17) is 0 Å². The van der Waals surface area contributed by atoms with E-state index in [0.29, 0.717) is 16.8 Å². The molecule has 1 aromatic rings. The summed E-state index contributed by atoms with van der Waals surface area (Å²) in [7, 11) is 0. The molecule has 0 aliphatic carbocycles. The molecule has 1 aliphatic heterocycles. The topological polar surface area (TPSA) is 78.4 Å². The van der Waals surface area contributed by atoms with Crippen LogP contribution in [-0.2, 0) is 4.79 Å². The number of hydrogen-bond acceptors (Lipinski definition) is 3. The van der Waals surface area contributed by atoms with Crippen LogP contribution in [0, 0.1) is 0 Å². The van der Waals surface area contributed by atoms with Crippen LogP contribution in [0.1, 0.15) is 25.5 Å². The Morgan fingerprint density at radius 2 is 2.00 bits per heavy atom. The van der Waals surface area contributed by atoms with Gasteiger partial charge < -0.3 is 15.7 Å². The van der Waals surface area contributed by atoms with Gasteiger partial charge in [0.2, 0.25) is 0 Å². The Morgan fingerprint density at radius 3 is 2.61 bits per heavy atom. The number of nitrogens with one attached hydrogen (secondary N) is 2. The number of urea groups is 1. The lowest BCUT2D eigenvalue weighted by Gasteiger charge is -2.28. The molecule has 0 bridgehead atoms. The molecule has 1 heterocycles. The van der Waals surface area contributed by atoms with Gasteiger partial charge in [0.25, 0.3) is 0 Å². The number of amides is 2. The maximum Gasteiger partial charge on any atom is 0.319 e. The van der Waals surface area contributed by atoms with Crippen LogP contribution in [0.3, 0.4) is 0 Å². The summed E-state index contributed by atoms with van der Waals surface area (Å²) < 4.78 is 0. The molecule has 5 nitrogen and oxygen atoms in total. The highest BCUT2D eigenvalue weighted by molar-refractivity contribution is 5.98. The fourth-order valence-corrected chi connectivity index (χ4v) is 2.13. The highest BCUT2D eigenvalue weighted by Crippen LogP contribution is 2.32. The van der Waals surface area contributed by atoms with Crippen molar-refractivity contribution in [3.63, 3.8) is 0 Å². The summed E-state index contributed by atoms with van der Waals surface area (Å²) >= 11 is 0. The molecule has 94 valence electrons. The summed E-state index contributed by atoms with van der Waals surface area (Å²) in [5.74, 6) is -0.0931. The van der Waals surface area contributed by atoms with Crippen molar-refractivity contribution in [2.24, 2.45) is 0 Å². The first-order chi connectivity index (χ1) is 8.50. The van der Waals surface area contributed by atoms with Gasteiger partial charge in [-0.15, -0.1) is 0 Å². The minimum atomic E-state index is -0.613. The molecular formula is C13H14N2O3. The van der Waals surface area contributed by atoms with E-state index in [1.807, 2.05) is 0 Å². The van der Waals surface area contributed by atoms with Crippen molar-refractivity contribution < 1.29 is 14.7 Å². The molecule has 0 radical (unpaired) electrons. The fraction of sp³-hybridized carbons (Fsp3) is 0.231. The molecule has 0 saturated carbocycles. The summed E-state index contributed by atoms with van der Waals surface area (Å²) in [5.41, 5.74) is 1.48. The Labute approximate surface area is 105 Å². The van der Waals surface area contributed by atoms with E-state index in [-0.39, 0.29) is 17.6 Å². The first-order valence-corrected chi connectivity index (χ1v) is 5.58. The van der Waals surface area contributed by atoms with Crippen LogP contribution < -0.4 is 10.6 Å². The van der Waals surface area contributed by atoms with Gasteiger partial charge in [0.05, 0.1) is 6.04 Å². The number of allylic oxidation sites excluding steroid dienone is 1. The first kappa shape index (κ1) is 12.2. The third-order valence-corrected chi connectivity index (χ3v) is 2.90. The predicted molar refractivity (Wildman–Crippen MR) is 65.9 cm³/mol. The molecule has 2 rings (SSSR count). The number of para-hydroxylation sites is 1. The number of ketones is 1. The average Bonchev–Trinajstić information content (AvgIpc) is 2.27. The van der Waals surface area contributed by atoms with E-state index < -0.39 is 6.04 Å². The molecule has 3 N–H and O–H groups in total. The van der Waals surface area contributed by atoms with E-state index in [9.17, 15) is 14.7 Å². The molecule has 5 heteroatoms. The summed E-state index contributed by atoms with van der Waals surface area (Å²) in [4.78, 5) is 23.2. The Bertz CT molecular complexity index is 549. The quantitative estimate of drug-likeness (QED) is 0.741. The van der Waals surface area contributed by atoms with Crippen LogP contribution >= 0.6 is 0 Å². The van der Waals surface area contributed by atoms with Crippen LogP contribution in [-0.4, -0.2) is 16.9 Å². The smallest absolute Gasteiger partial charge is 0.319 e. The van der Waals surface area contributed by atoms with E-state index >= 15 is 0 Å². The first-order valence-electron chi connectivity index (χ1n) is 5.58. The second-order valence-electron chi connectivity index (χ2n) is 4.19. The van der Waals surface area contributed by atoms with Crippen molar-refractivity contribution in [1.29, 1.82) is 0 Å². The number of benzene rings is 1. The molecule has 1 unspecified atom stereocenters. The van der Waals surface area contributed by atoms with Crippen LogP contribution in [0.25, 0.3) is 0 Å².